The Morgan fingerprint density at radius 2 is 2.00 bits per heavy atom. The van der Waals surface area contributed by atoms with Gasteiger partial charge in [-0.3, -0.25) is 0 Å². The molecule has 18 heavy (non-hydrogen) atoms. The maximum atomic E-state index is 5.86. The Labute approximate surface area is 108 Å². The maximum absolute atomic E-state index is 5.86. The topological polar surface area (TPSA) is 43.8 Å². The van der Waals surface area contributed by atoms with Gasteiger partial charge in [0.1, 0.15) is 5.82 Å². The van der Waals surface area contributed by atoms with Gasteiger partial charge in [0, 0.05) is 17.1 Å². The molecule has 2 unspecified atom stereocenters. The lowest BCUT2D eigenvalue weighted by molar-refractivity contribution is 0.501. The molecule has 2 aromatic rings. The minimum Gasteiger partial charge on any atom is -0.399 e. The minimum absolute atomic E-state index is 0.0656. The minimum atomic E-state index is 0.0656. The van der Waals surface area contributed by atoms with Crippen molar-refractivity contribution in [3.63, 3.8) is 0 Å². The standard InChI is InChI=1S/C15H21N3/c1-9-7-13(9)18-12-6-5-10(16)8-11(12)17-14(18)15(2,3)4/h5-6,8-9,13H,7,16H2,1-4H3. The number of benzene rings is 1. The average Bonchev–Trinajstić information content (AvgIpc) is 2.85. The van der Waals surface area contributed by atoms with E-state index in [1.165, 1.54) is 17.8 Å². The Bertz CT molecular complexity index is 604. The van der Waals surface area contributed by atoms with Crippen molar-refractivity contribution >= 4 is 16.7 Å². The van der Waals surface area contributed by atoms with Gasteiger partial charge in [-0.2, -0.15) is 0 Å². The second-order valence-electron chi connectivity index (χ2n) is 6.58. The zero-order valence-electron chi connectivity index (χ0n) is 11.6. The lowest BCUT2D eigenvalue weighted by Gasteiger charge is -2.20. The molecule has 1 aromatic heterocycles. The number of nitrogen functional groups attached to an aromatic ring is 1. The molecule has 0 amide bonds. The fourth-order valence-corrected chi connectivity index (χ4v) is 2.64. The van der Waals surface area contributed by atoms with Gasteiger partial charge < -0.3 is 10.3 Å². The first kappa shape index (κ1) is 11.6. The zero-order chi connectivity index (χ0) is 13.1. The molecule has 0 radical (unpaired) electrons. The van der Waals surface area contributed by atoms with Crippen LogP contribution in [0.3, 0.4) is 0 Å². The number of rotatable bonds is 1. The molecule has 1 heterocycles. The van der Waals surface area contributed by atoms with Crippen molar-refractivity contribution in [1.29, 1.82) is 0 Å². The fraction of sp³-hybridized carbons (Fsp3) is 0.533. The second-order valence-corrected chi connectivity index (χ2v) is 6.58. The molecule has 96 valence electrons. The highest BCUT2D eigenvalue weighted by atomic mass is 15.1. The molecule has 2 N–H and O–H groups in total. The average molecular weight is 243 g/mol. The van der Waals surface area contributed by atoms with Crippen molar-refractivity contribution in [3.05, 3.63) is 24.0 Å². The number of hydrogen-bond donors (Lipinski definition) is 1. The third-order valence-corrected chi connectivity index (χ3v) is 3.78. The third kappa shape index (κ3) is 1.69. The molecule has 0 aliphatic heterocycles. The highest BCUT2D eigenvalue weighted by Crippen LogP contribution is 2.46. The number of anilines is 1. The van der Waals surface area contributed by atoms with E-state index in [1.807, 2.05) is 12.1 Å². The lowest BCUT2D eigenvalue weighted by Crippen LogP contribution is -2.18. The smallest absolute Gasteiger partial charge is 0.115 e. The van der Waals surface area contributed by atoms with Crippen LogP contribution in [-0.2, 0) is 5.41 Å². The van der Waals surface area contributed by atoms with Crippen LogP contribution in [0, 0.1) is 5.92 Å². The summed E-state index contributed by atoms with van der Waals surface area (Å²) in [7, 11) is 0. The van der Waals surface area contributed by atoms with E-state index in [0.29, 0.717) is 6.04 Å². The Balaban J connectivity index is 2.27. The van der Waals surface area contributed by atoms with Crippen LogP contribution in [0.2, 0.25) is 0 Å². The van der Waals surface area contributed by atoms with Crippen molar-refractivity contribution in [3.8, 4) is 0 Å². The lowest BCUT2D eigenvalue weighted by atomic mass is 9.95. The predicted octanol–water partition coefficient (Wildman–Crippen LogP) is 3.50. The Kier molecular flexibility index (Phi) is 2.25. The SMILES string of the molecule is CC1CC1n1c(C(C)(C)C)nc2cc(N)ccc21. The number of imidazole rings is 1. The summed E-state index contributed by atoms with van der Waals surface area (Å²) in [5, 5.41) is 0. The van der Waals surface area contributed by atoms with Gasteiger partial charge in [0.05, 0.1) is 11.0 Å². The summed E-state index contributed by atoms with van der Waals surface area (Å²) >= 11 is 0. The van der Waals surface area contributed by atoms with Crippen molar-refractivity contribution in [2.24, 2.45) is 5.92 Å². The van der Waals surface area contributed by atoms with E-state index < -0.39 is 0 Å². The Morgan fingerprint density at radius 3 is 2.56 bits per heavy atom. The van der Waals surface area contributed by atoms with Crippen molar-refractivity contribution in [2.45, 2.75) is 45.6 Å². The molecular weight excluding hydrogens is 222 g/mol. The number of nitrogens with zero attached hydrogens (tertiary/aromatic N) is 2. The predicted molar refractivity (Wildman–Crippen MR) is 75.7 cm³/mol. The van der Waals surface area contributed by atoms with Gasteiger partial charge in [0.2, 0.25) is 0 Å². The van der Waals surface area contributed by atoms with Crippen molar-refractivity contribution in [2.75, 3.05) is 5.73 Å². The van der Waals surface area contributed by atoms with Gasteiger partial charge in [-0.15, -0.1) is 0 Å². The van der Waals surface area contributed by atoms with Gasteiger partial charge in [0.25, 0.3) is 0 Å². The molecule has 3 rings (SSSR count). The monoisotopic (exact) mass is 243 g/mol. The van der Waals surface area contributed by atoms with E-state index in [0.717, 1.165) is 17.1 Å². The van der Waals surface area contributed by atoms with E-state index in [-0.39, 0.29) is 5.41 Å². The first-order valence-electron chi connectivity index (χ1n) is 6.66. The molecule has 1 fully saturated rings. The first-order valence-corrected chi connectivity index (χ1v) is 6.66. The summed E-state index contributed by atoms with van der Waals surface area (Å²) in [6.07, 6.45) is 1.26. The van der Waals surface area contributed by atoms with Crippen LogP contribution < -0.4 is 5.73 Å². The maximum Gasteiger partial charge on any atom is 0.115 e. The highest BCUT2D eigenvalue weighted by Gasteiger charge is 2.38. The van der Waals surface area contributed by atoms with Gasteiger partial charge in [-0.1, -0.05) is 27.7 Å². The van der Waals surface area contributed by atoms with Gasteiger partial charge >= 0.3 is 0 Å². The third-order valence-electron chi connectivity index (χ3n) is 3.78. The van der Waals surface area contributed by atoms with Crippen molar-refractivity contribution in [1.82, 2.24) is 9.55 Å². The van der Waals surface area contributed by atoms with Crippen LogP contribution in [0.1, 0.15) is 46.0 Å². The molecule has 1 aromatic carbocycles. The molecule has 3 heteroatoms. The quantitative estimate of drug-likeness (QED) is 0.779. The van der Waals surface area contributed by atoms with E-state index in [2.05, 4.69) is 38.3 Å². The molecule has 0 saturated heterocycles. The zero-order valence-corrected chi connectivity index (χ0v) is 11.6. The highest BCUT2D eigenvalue weighted by molar-refractivity contribution is 5.80. The van der Waals surface area contributed by atoms with Gasteiger partial charge in [-0.25, -0.2) is 4.98 Å². The molecule has 0 bridgehead atoms. The summed E-state index contributed by atoms with van der Waals surface area (Å²) in [6, 6.07) is 6.68. The van der Waals surface area contributed by atoms with Crippen molar-refractivity contribution < 1.29 is 0 Å². The van der Waals surface area contributed by atoms with E-state index in [4.69, 9.17) is 10.7 Å². The van der Waals surface area contributed by atoms with Crippen LogP contribution in [0.4, 0.5) is 5.69 Å². The number of aromatic nitrogens is 2. The molecule has 1 aliphatic carbocycles. The summed E-state index contributed by atoms with van der Waals surface area (Å²) < 4.78 is 2.43. The molecule has 2 atom stereocenters. The normalized spacial score (nSPS) is 23.6. The van der Waals surface area contributed by atoms with Crippen LogP contribution >= 0.6 is 0 Å². The summed E-state index contributed by atoms with van der Waals surface area (Å²) in [6.45, 7) is 8.98. The number of nitrogens with two attached hydrogens (primary N) is 1. The van der Waals surface area contributed by atoms with E-state index >= 15 is 0 Å². The summed E-state index contributed by atoms with van der Waals surface area (Å²) in [5.74, 6) is 1.94. The molecule has 3 nitrogen and oxygen atoms in total. The van der Waals surface area contributed by atoms with E-state index in [9.17, 15) is 0 Å². The number of hydrogen-bond acceptors (Lipinski definition) is 2. The first-order chi connectivity index (χ1) is 8.38. The molecule has 1 saturated carbocycles. The van der Waals surface area contributed by atoms with Crippen LogP contribution in [0.5, 0.6) is 0 Å². The molecule has 0 spiro atoms. The number of fused-ring (bicyclic) bond motifs is 1. The Morgan fingerprint density at radius 1 is 1.33 bits per heavy atom. The summed E-state index contributed by atoms with van der Waals surface area (Å²) in [5.41, 5.74) is 8.97. The van der Waals surface area contributed by atoms with Crippen LogP contribution in [0.25, 0.3) is 11.0 Å². The fourth-order valence-electron chi connectivity index (χ4n) is 2.64. The largest absolute Gasteiger partial charge is 0.399 e. The van der Waals surface area contributed by atoms with Crippen LogP contribution in [0.15, 0.2) is 18.2 Å². The Hall–Kier alpha value is -1.51. The van der Waals surface area contributed by atoms with Gasteiger partial charge in [0.15, 0.2) is 0 Å². The second kappa shape index (κ2) is 3.50. The summed E-state index contributed by atoms with van der Waals surface area (Å²) in [4.78, 5) is 4.82. The molecular formula is C15H21N3. The van der Waals surface area contributed by atoms with Gasteiger partial charge in [-0.05, 0) is 30.5 Å². The van der Waals surface area contributed by atoms with E-state index in [1.54, 1.807) is 0 Å². The molecule has 1 aliphatic rings. The van der Waals surface area contributed by atoms with Crippen LogP contribution in [-0.4, -0.2) is 9.55 Å².